The first-order valence-corrected chi connectivity index (χ1v) is 6.78. The second-order valence-corrected chi connectivity index (χ2v) is 5.34. The van der Waals surface area contributed by atoms with Gasteiger partial charge in [0.05, 0.1) is 8.95 Å². The summed E-state index contributed by atoms with van der Waals surface area (Å²) in [5.41, 5.74) is 1.56. The maximum atomic E-state index is 13.3. The van der Waals surface area contributed by atoms with E-state index in [0.717, 1.165) is 11.3 Å². The highest BCUT2D eigenvalue weighted by Crippen LogP contribution is 2.23. The Morgan fingerprint density at radius 2 is 1.78 bits per heavy atom. The lowest BCUT2D eigenvalue weighted by atomic mass is 10.2. The van der Waals surface area contributed by atoms with Crippen LogP contribution in [0.4, 0.5) is 14.5 Å². The van der Waals surface area contributed by atoms with Crippen molar-refractivity contribution >= 4 is 37.5 Å². The lowest BCUT2D eigenvalue weighted by Crippen LogP contribution is -2.01. The highest BCUT2D eigenvalue weighted by molar-refractivity contribution is 9.10. The molecule has 0 saturated carbocycles. The molecule has 0 aliphatic carbocycles. The highest BCUT2D eigenvalue weighted by Gasteiger charge is 2.05. The molecule has 94 valence electrons. The molecule has 0 spiro atoms. The van der Waals surface area contributed by atoms with Crippen LogP contribution in [0.25, 0.3) is 0 Å². The van der Waals surface area contributed by atoms with E-state index in [-0.39, 0.29) is 11.6 Å². The standard InChI is InChI=1S/C13H9Br2F2N/c14-10-6-9(4-5-11(10)16)18-7-8-2-1-3-12(17)13(8)15/h1-6,18H,7H2. The van der Waals surface area contributed by atoms with E-state index in [4.69, 9.17) is 0 Å². The van der Waals surface area contributed by atoms with E-state index in [9.17, 15) is 8.78 Å². The number of hydrogen-bond donors (Lipinski definition) is 1. The Bertz CT molecular complexity index is 573. The summed E-state index contributed by atoms with van der Waals surface area (Å²) in [6.07, 6.45) is 0. The summed E-state index contributed by atoms with van der Waals surface area (Å²) < 4.78 is 27.2. The van der Waals surface area contributed by atoms with E-state index in [1.807, 2.05) is 6.07 Å². The minimum Gasteiger partial charge on any atom is -0.381 e. The summed E-state index contributed by atoms with van der Waals surface area (Å²) >= 11 is 6.31. The fraction of sp³-hybridized carbons (Fsp3) is 0.0769. The maximum absolute atomic E-state index is 13.3. The van der Waals surface area contributed by atoms with Gasteiger partial charge in [0.25, 0.3) is 0 Å². The predicted octanol–water partition coefficient (Wildman–Crippen LogP) is 5.10. The zero-order valence-electron chi connectivity index (χ0n) is 9.18. The van der Waals surface area contributed by atoms with Crippen molar-refractivity contribution in [3.05, 3.63) is 62.5 Å². The Morgan fingerprint density at radius 3 is 2.50 bits per heavy atom. The quantitative estimate of drug-likeness (QED) is 0.785. The Labute approximate surface area is 120 Å². The van der Waals surface area contributed by atoms with E-state index in [2.05, 4.69) is 37.2 Å². The predicted molar refractivity (Wildman–Crippen MR) is 75.5 cm³/mol. The van der Waals surface area contributed by atoms with Gasteiger partial charge in [-0.25, -0.2) is 8.78 Å². The maximum Gasteiger partial charge on any atom is 0.137 e. The summed E-state index contributed by atoms with van der Waals surface area (Å²) in [4.78, 5) is 0. The molecule has 0 radical (unpaired) electrons. The van der Waals surface area contributed by atoms with Crippen LogP contribution in [0.15, 0.2) is 45.3 Å². The van der Waals surface area contributed by atoms with Crippen LogP contribution in [0.2, 0.25) is 0 Å². The van der Waals surface area contributed by atoms with Crippen molar-refractivity contribution in [2.24, 2.45) is 0 Å². The van der Waals surface area contributed by atoms with Crippen molar-refractivity contribution in [3.63, 3.8) is 0 Å². The zero-order chi connectivity index (χ0) is 13.1. The molecule has 0 bridgehead atoms. The van der Waals surface area contributed by atoms with Gasteiger partial charge >= 0.3 is 0 Å². The van der Waals surface area contributed by atoms with E-state index >= 15 is 0 Å². The number of anilines is 1. The molecule has 0 amide bonds. The largest absolute Gasteiger partial charge is 0.381 e. The molecule has 1 N–H and O–H groups in total. The first-order valence-electron chi connectivity index (χ1n) is 5.20. The summed E-state index contributed by atoms with van der Waals surface area (Å²) in [5, 5.41) is 3.10. The fourth-order valence-corrected chi connectivity index (χ4v) is 2.27. The minimum atomic E-state index is -0.313. The number of benzene rings is 2. The van der Waals surface area contributed by atoms with Gasteiger partial charge in [0, 0.05) is 12.2 Å². The van der Waals surface area contributed by atoms with Crippen molar-refractivity contribution in [1.82, 2.24) is 0 Å². The van der Waals surface area contributed by atoms with E-state index in [1.54, 1.807) is 18.2 Å². The van der Waals surface area contributed by atoms with Gasteiger partial charge in [-0.2, -0.15) is 0 Å². The van der Waals surface area contributed by atoms with Gasteiger partial charge in [-0.3, -0.25) is 0 Å². The van der Waals surface area contributed by atoms with Crippen molar-refractivity contribution in [1.29, 1.82) is 0 Å². The summed E-state index contributed by atoms with van der Waals surface area (Å²) in [7, 11) is 0. The first kappa shape index (κ1) is 13.5. The fourth-order valence-electron chi connectivity index (χ4n) is 1.49. The van der Waals surface area contributed by atoms with Gasteiger partial charge in [-0.15, -0.1) is 0 Å². The van der Waals surface area contributed by atoms with Gasteiger partial charge < -0.3 is 5.32 Å². The van der Waals surface area contributed by atoms with Crippen LogP contribution in [0.3, 0.4) is 0 Å². The van der Waals surface area contributed by atoms with Crippen molar-refractivity contribution in [2.75, 3.05) is 5.32 Å². The molecule has 0 atom stereocenters. The summed E-state index contributed by atoms with van der Waals surface area (Å²) in [6, 6.07) is 9.50. The number of hydrogen-bond acceptors (Lipinski definition) is 1. The van der Waals surface area contributed by atoms with Crippen LogP contribution in [-0.2, 0) is 6.54 Å². The molecule has 18 heavy (non-hydrogen) atoms. The Hall–Kier alpha value is -0.940. The van der Waals surface area contributed by atoms with Gasteiger partial charge in [-0.05, 0) is 61.7 Å². The minimum absolute atomic E-state index is 0.297. The Balaban J connectivity index is 2.11. The SMILES string of the molecule is Fc1ccc(NCc2cccc(F)c2Br)cc1Br. The molecule has 0 fully saturated rings. The van der Waals surface area contributed by atoms with Crippen molar-refractivity contribution in [3.8, 4) is 0 Å². The molecule has 1 nitrogen and oxygen atoms in total. The van der Waals surface area contributed by atoms with Gasteiger partial charge in [0.1, 0.15) is 11.6 Å². The average molecular weight is 377 g/mol. The molecule has 2 aromatic rings. The molecular weight excluding hydrogens is 368 g/mol. The Kier molecular flexibility index (Phi) is 4.35. The molecular formula is C13H9Br2F2N. The van der Waals surface area contributed by atoms with Crippen LogP contribution in [0.1, 0.15) is 5.56 Å². The first-order chi connectivity index (χ1) is 8.58. The molecule has 2 aromatic carbocycles. The normalized spacial score (nSPS) is 10.4. The smallest absolute Gasteiger partial charge is 0.137 e. The van der Waals surface area contributed by atoms with Crippen molar-refractivity contribution in [2.45, 2.75) is 6.54 Å². The molecule has 5 heteroatoms. The molecule has 0 aliphatic rings. The van der Waals surface area contributed by atoms with E-state index < -0.39 is 0 Å². The highest BCUT2D eigenvalue weighted by atomic mass is 79.9. The molecule has 0 aromatic heterocycles. The second-order valence-electron chi connectivity index (χ2n) is 3.70. The van der Waals surface area contributed by atoms with Crippen LogP contribution < -0.4 is 5.32 Å². The average Bonchev–Trinajstić information content (AvgIpc) is 2.35. The lowest BCUT2D eigenvalue weighted by Gasteiger charge is -2.09. The molecule has 0 saturated heterocycles. The van der Waals surface area contributed by atoms with E-state index in [1.165, 1.54) is 12.1 Å². The summed E-state index contributed by atoms with van der Waals surface area (Å²) in [6.45, 7) is 0.455. The lowest BCUT2D eigenvalue weighted by molar-refractivity contribution is 0.618. The number of nitrogens with one attached hydrogen (secondary N) is 1. The van der Waals surface area contributed by atoms with Gasteiger partial charge in [-0.1, -0.05) is 12.1 Å². The summed E-state index contributed by atoms with van der Waals surface area (Å²) in [5.74, 6) is -0.609. The van der Waals surface area contributed by atoms with Gasteiger partial charge in [0.2, 0.25) is 0 Å². The van der Waals surface area contributed by atoms with Crippen molar-refractivity contribution < 1.29 is 8.78 Å². The third-order valence-electron chi connectivity index (χ3n) is 2.43. The Morgan fingerprint density at radius 1 is 1.00 bits per heavy atom. The second kappa shape index (κ2) is 5.80. The topological polar surface area (TPSA) is 12.0 Å². The van der Waals surface area contributed by atoms with Gasteiger partial charge in [0.15, 0.2) is 0 Å². The van der Waals surface area contributed by atoms with E-state index in [0.29, 0.717) is 15.5 Å². The van der Waals surface area contributed by atoms with Crippen LogP contribution >= 0.6 is 31.9 Å². The molecule has 0 unspecified atom stereocenters. The zero-order valence-corrected chi connectivity index (χ0v) is 12.4. The monoisotopic (exact) mass is 375 g/mol. The third-order valence-corrected chi connectivity index (χ3v) is 3.93. The number of rotatable bonds is 3. The molecule has 0 heterocycles. The molecule has 2 rings (SSSR count). The van der Waals surface area contributed by atoms with Crippen LogP contribution in [-0.4, -0.2) is 0 Å². The third kappa shape index (κ3) is 3.09. The number of halogens is 4. The molecule has 0 aliphatic heterocycles. The van der Waals surface area contributed by atoms with Crippen LogP contribution in [0, 0.1) is 11.6 Å². The van der Waals surface area contributed by atoms with Crippen LogP contribution in [0.5, 0.6) is 0 Å².